The Hall–Kier alpha value is -2.29. The Morgan fingerprint density at radius 1 is 1.10 bits per heavy atom. The minimum atomic E-state index is -0.121. The van der Waals surface area contributed by atoms with E-state index in [9.17, 15) is 4.79 Å². The van der Waals surface area contributed by atoms with E-state index >= 15 is 0 Å². The summed E-state index contributed by atoms with van der Waals surface area (Å²) in [5.74, 6) is -0.121. The molecule has 3 rings (SSSR count). The van der Waals surface area contributed by atoms with Gasteiger partial charge in [0, 0.05) is 11.4 Å². The summed E-state index contributed by atoms with van der Waals surface area (Å²) in [4.78, 5) is 12.6. The third-order valence-electron chi connectivity index (χ3n) is 4.18. The molecular weight excluding hydrogens is 260 g/mol. The minimum absolute atomic E-state index is 0.121. The third kappa shape index (κ3) is 2.64. The van der Waals surface area contributed by atoms with Gasteiger partial charge in [-0.25, -0.2) is 0 Å². The van der Waals surface area contributed by atoms with Crippen molar-refractivity contribution < 1.29 is 4.79 Å². The van der Waals surface area contributed by atoms with E-state index in [-0.39, 0.29) is 5.91 Å². The number of nitrogens with two attached hydrogens (primary N) is 1. The second kappa shape index (κ2) is 5.60. The zero-order valence-corrected chi connectivity index (χ0v) is 12.3. The topological polar surface area (TPSA) is 55.1 Å². The van der Waals surface area contributed by atoms with Crippen LogP contribution >= 0.6 is 0 Å². The number of anilines is 2. The Morgan fingerprint density at radius 2 is 1.86 bits per heavy atom. The summed E-state index contributed by atoms with van der Waals surface area (Å²) in [6.45, 7) is 1.91. The van der Waals surface area contributed by atoms with Gasteiger partial charge in [0.2, 0.25) is 0 Å². The van der Waals surface area contributed by atoms with E-state index in [2.05, 4.69) is 11.4 Å². The molecule has 108 valence electrons. The van der Waals surface area contributed by atoms with Crippen molar-refractivity contribution >= 4 is 17.3 Å². The van der Waals surface area contributed by atoms with Crippen molar-refractivity contribution in [2.24, 2.45) is 0 Å². The average Bonchev–Trinajstić information content (AvgIpc) is 2.47. The molecule has 0 unspecified atom stereocenters. The molecule has 0 bridgehead atoms. The van der Waals surface area contributed by atoms with Gasteiger partial charge in [0.1, 0.15) is 0 Å². The first-order chi connectivity index (χ1) is 10.2. The van der Waals surface area contributed by atoms with E-state index in [0.29, 0.717) is 11.3 Å². The normalized spacial score (nSPS) is 13.6. The highest BCUT2D eigenvalue weighted by atomic mass is 16.1. The number of carbonyl (C=O) groups excluding carboxylic acids is 1. The van der Waals surface area contributed by atoms with Crippen LogP contribution < -0.4 is 11.1 Å². The first-order valence-corrected chi connectivity index (χ1v) is 7.44. The number of hydrogen-bond donors (Lipinski definition) is 2. The van der Waals surface area contributed by atoms with Gasteiger partial charge in [0.05, 0.1) is 5.56 Å². The zero-order chi connectivity index (χ0) is 14.8. The fraction of sp³-hybridized carbons (Fsp3) is 0.278. The number of fused-ring (bicyclic) bond motifs is 1. The van der Waals surface area contributed by atoms with Crippen molar-refractivity contribution in [2.45, 2.75) is 32.6 Å². The van der Waals surface area contributed by atoms with Gasteiger partial charge in [-0.15, -0.1) is 0 Å². The van der Waals surface area contributed by atoms with Crippen LogP contribution in [0, 0.1) is 6.92 Å². The number of rotatable bonds is 2. The quantitative estimate of drug-likeness (QED) is 0.824. The van der Waals surface area contributed by atoms with Gasteiger partial charge in [-0.1, -0.05) is 24.3 Å². The van der Waals surface area contributed by atoms with Gasteiger partial charge >= 0.3 is 0 Å². The maximum atomic E-state index is 12.6. The molecule has 1 aliphatic rings. The summed E-state index contributed by atoms with van der Waals surface area (Å²) in [6, 6.07) is 11.7. The number of carbonyl (C=O) groups is 1. The number of aryl methyl sites for hydroxylation is 2. The van der Waals surface area contributed by atoms with Crippen LogP contribution in [0.1, 0.15) is 39.9 Å². The summed E-state index contributed by atoms with van der Waals surface area (Å²) in [5.41, 5.74) is 11.5. The second-order valence-electron chi connectivity index (χ2n) is 5.64. The molecule has 21 heavy (non-hydrogen) atoms. The lowest BCUT2D eigenvalue weighted by molar-refractivity contribution is 0.102. The van der Waals surface area contributed by atoms with Crippen molar-refractivity contribution in [3.8, 4) is 0 Å². The smallest absolute Gasteiger partial charge is 0.258 e. The Bertz CT molecular complexity index is 671. The number of nitrogens with one attached hydrogen (secondary N) is 1. The van der Waals surface area contributed by atoms with Gasteiger partial charge < -0.3 is 11.1 Å². The molecule has 0 saturated carbocycles. The first-order valence-electron chi connectivity index (χ1n) is 7.44. The van der Waals surface area contributed by atoms with Crippen LogP contribution in [0.15, 0.2) is 36.4 Å². The molecule has 2 aromatic carbocycles. The molecule has 0 heterocycles. The van der Waals surface area contributed by atoms with Crippen LogP contribution in [0.4, 0.5) is 11.4 Å². The lowest BCUT2D eigenvalue weighted by atomic mass is 9.90. The van der Waals surface area contributed by atoms with Crippen LogP contribution in [-0.4, -0.2) is 5.91 Å². The molecular formula is C18H20N2O. The van der Waals surface area contributed by atoms with Crippen molar-refractivity contribution in [3.05, 3.63) is 58.7 Å². The largest absolute Gasteiger partial charge is 0.398 e. The Kier molecular flexibility index (Phi) is 3.65. The third-order valence-corrected chi connectivity index (χ3v) is 4.18. The summed E-state index contributed by atoms with van der Waals surface area (Å²) in [7, 11) is 0. The molecule has 0 spiro atoms. The van der Waals surface area contributed by atoms with Crippen molar-refractivity contribution in [3.63, 3.8) is 0 Å². The lowest BCUT2D eigenvalue weighted by Gasteiger charge is -2.20. The van der Waals surface area contributed by atoms with Gasteiger partial charge in [-0.2, -0.15) is 0 Å². The van der Waals surface area contributed by atoms with Crippen molar-refractivity contribution in [2.75, 3.05) is 11.1 Å². The number of benzene rings is 2. The van der Waals surface area contributed by atoms with Crippen molar-refractivity contribution in [1.29, 1.82) is 0 Å². The van der Waals surface area contributed by atoms with Crippen LogP contribution in [0.25, 0.3) is 0 Å². The minimum Gasteiger partial charge on any atom is -0.398 e. The Labute approximate surface area is 125 Å². The Balaban J connectivity index is 1.92. The fourth-order valence-corrected chi connectivity index (χ4v) is 3.08. The molecule has 0 aromatic heterocycles. The van der Waals surface area contributed by atoms with Gasteiger partial charge in [0.15, 0.2) is 0 Å². The number of amides is 1. The number of nitrogen functional groups attached to an aromatic ring is 1. The SMILES string of the molecule is Cc1cccc(N)c1C(=O)Nc1cccc2c1CCCC2. The molecule has 1 aliphatic carbocycles. The van der Waals surface area contributed by atoms with Crippen molar-refractivity contribution in [1.82, 2.24) is 0 Å². The summed E-state index contributed by atoms with van der Waals surface area (Å²) in [5, 5.41) is 3.05. The molecule has 3 heteroatoms. The lowest BCUT2D eigenvalue weighted by Crippen LogP contribution is -2.18. The van der Waals surface area contributed by atoms with E-state index in [1.165, 1.54) is 24.0 Å². The molecule has 2 aromatic rings. The molecule has 0 fully saturated rings. The van der Waals surface area contributed by atoms with E-state index in [1.54, 1.807) is 6.07 Å². The molecule has 3 nitrogen and oxygen atoms in total. The number of hydrogen-bond acceptors (Lipinski definition) is 2. The van der Waals surface area contributed by atoms with Gasteiger partial charge in [-0.3, -0.25) is 4.79 Å². The monoisotopic (exact) mass is 280 g/mol. The molecule has 3 N–H and O–H groups in total. The van der Waals surface area contributed by atoms with E-state index in [4.69, 9.17) is 5.73 Å². The predicted octanol–water partition coefficient (Wildman–Crippen LogP) is 3.71. The standard InChI is InChI=1S/C18H20N2O/c1-12-6-4-10-15(19)17(12)18(21)20-16-11-5-8-13-7-2-3-9-14(13)16/h4-6,8,10-11H,2-3,7,9,19H2,1H3,(H,20,21). The average molecular weight is 280 g/mol. The van der Waals surface area contributed by atoms with Crippen LogP contribution in [0.3, 0.4) is 0 Å². The second-order valence-corrected chi connectivity index (χ2v) is 5.64. The molecule has 0 aliphatic heterocycles. The van der Waals surface area contributed by atoms with Crippen LogP contribution in [0.5, 0.6) is 0 Å². The van der Waals surface area contributed by atoms with Gasteiger partial charge in [-0.05, 0) is 61.4 Å². The Morgan fingerprint density at radius 3 is 2.67 bits per heavy atom. The summed E-state index contributed by atoms with van der Waals surface area (Å²) in [6.07, 6.45) is 4.56. The van der Waals surface area contributed by atoms with Crippen LogP contribution in [-0.2, 0) is 12.8 Å². The van der Waals surface area contributed by atoms with E-state index < -0.39 is 0 Å². The predicted molar refractivity (Wildman–Crippen MR) is 86.6 cm³/mol. The fourth-order valence-electron chi connectivity index (χ4n) is 3.08. The first kappa shape index (κ1) is 13.7. The van der Waals surface area contributed by atoms with Gasteiger partial charge in [0.25, 0.3) is 5.91 Å². The molecule has 0 saturated heterocycles. The highest BCUT2D eigenvalue weighted by Gasteiger charge is 2.17. The molecule has 1 amide bonds. The zero-order valence-electron chi connectivity index (χ0n) is 12.3. The van der Waals surface area contributed by atoms with Crippen LogP contribution in [0.2, 0.25) is 0 Å². The molecule has 0 atom stereocenters. The molecule has 0 radical (unpaired) electrons. The summed E-state index contributed by atoms with van der Waals surface area (Å²) < 4.78 is 0. The maximum absolute atomic E-state index is 12.6. The highest BCUT2D eigenvalue weighted by molar-refractivity contribution is 6.09. The highest BCUT2D eigenvalue weighted by Crippen LogP contribution is 2.28. The summed E-state index contributed by atoms with van der Waals surface area (Å²) >= 11 is 0. The van der Waals surface area contributed by atoms with E-state index in [1.807, 2.05) is 31.2 Å². The van der Waals surface area contributed by atoms with E-state index in [0.717, 1.165) is 24.1 Å². The maximum Gasteiger partial charge on any atom is 0.258 e.